The summed E-state index contributed by atoms with van der Waals surface area (Å²) in [4.78, 5) is 11.5. The van der Waals surface area contributed by atoms with Gasteiger partial charge in [0.1, 0.15) is 0 Å². The average Bonchev–Trinajstić information content (AvgIpc) is 2.36. The van der Waals surface area contributed by atoms with Crippen molar-refractivity contribution in [2.24, 2.45) is 5.73 Å². The van der Waals surface area contributed by atoms with E-state index >= 15 is 0 Å². The quantitative estimate of drug-likeness (QED) is 0.914. The van der Waals surface area contributed by atoms with E-state index in [1.807, 2.05) is 6.92 Å². The fourth-order valence-corrected chi connectivity index (χ4v) is 2.58. The number of nitrogens with two attached hydrogens (primary N) is 1. The van der Waals surface area contributed by atoms with Crippen molar-refractivity contribution in [2.45, 2.75) is 52.2 Å². The van der Waals surface area contributed by atoms with Crippen LogP contribution in [0.15, 0.2) is 6.07 Å². The summed E-state index contributed by atoms with van der Waals surface area (Å²) in [6.07, 6.45) is 0.0327. The minimum atomic E-state index is -0.229. The van der Waals surface area contributed by atoms with Crippen LogP contribution in [0.3, 0.4) is 0 Å². The smallest absolute Gasteiger partial charge is 0.225 e. The Hall–Kier alpha value is -1.20. The second-order valence-corrected chi connectivity index (χ2v) is 6.50. The summed E-state index contributed by atoms with van der Waals surface area (Å²) in [6.45, 7) is 12.5. The summed E-state index contributed by atoms with van der Waals surface area (Å²) in [7, 11) is 0. The van der Waals surface area contributed by atoms with Crippen LogP contribution in [0.2, 0.25) is 0 Å². The topological polar surface area (TPSA) is 64.3 Å². The van der Waals surface area contributed by atoms with Crippen LogP contribution in [0.5, 0.6) is 0 Å². The number of anilines is 1. The Labute approximate surface area is 121 Å². The van der Waals surface area contributed by atoms with Gasteiger partial charge < -0.3 is 15.4 Å². The number of rotatable bonds is 3. The lowest BCUT2D eigenvalue weighted by Gasteiger charge is -2.42. The summed E-state index contributed by atoms with van der Waals surface area (Å²) in [5.41, 5.74) is 7.64. The Morgan fingerprint density at radius 2 is 2.15 bits per heavy atom. The Bertz CT molecular complexity index is 473. The van der Waals surface area contributed by atoms with Gasteiger partial charge in [-0.3, -0.25) is 0 Å². The van der Waals surface area contributed by atoms with E-state index in [9.17, 15) is 0 Å². The molecule has 0 spiro atoms. The maximum Gasteiger partial charge on any atom is 0.225 e. The molecule has 1 aliphatic heterocycles. The number of nitrogens with zero attached hydrogens (tertiary/aromatic N) is 3. The molecular formula is C15H26N4O. The van der Waals surface area contributed by atoms with Gasteiger partial charge in [-0.05, 0) is 32.8 Å². The van der Waals surface area contributed by atoms with Crippen LogP contribution < -0.4 is 10.6 Å². The van der Waals surface area contributed by atoms with E-state index in [4.69, 9.17) is 15.5 Å². The molecule has 2 heterocycles. The zero-order valence-electron chi connectivity index (χ0n) is 13.2. The number of morpholine rings is 1. The molecule has 1 fully saturated rings. The van der Waals surface area contributed by atoms with Crippen molar-refractivity contribution in [3.8, 4) is 0 Å². The van der Waals surface area contributed by atoms with Gasteiger partial charge in [0, 0.05) is 31.0 Å². The molecule has 20 heavy (non-hydrogen) atoms. The molecule has 1 aromatic rings. The second-order valence-electron chi connectivity index (χ2n) is 6.50. The van der Waals surface area contributed by atoms with Crippen molar-refractivity contribution < 1.29 is 4.74 Å². The van der Waals surface area contributed by atoms with Gasteiger partial charge in [-0.25, -0.2) is 9.97 Å². The largest absolute Gasteiger partial charge is 0.367 e. The lowest BCUT2D eigenvalue weighted by atomic mass is 10.1. The van der Waals surface area contributed by atoms with Crippen molar-refractivity contribution in [1.82, 2.24) is 9.97 Å². The van der Waals surface area contributed by atoms with Gasteiger partial charge in [0.05, 0.1) is 11.7 Å². The predicted octanol–water partition coefficient (Wildman–Crippen LogP) is 1.85. The van der Waals surface area contributed by atoms with Gasteiger partial charge in [-0.2, -0.15) is 0 Å². The van der Waals surface area contributed by atoms with Crippen molar-refractivity contribution in [3.05, 3.63) is 17.5 Å². The number of hydrogen-bond acceptors (Lipinski definition) is 5. The Kier molecular flexibility index (Phi) is 4.30. The number of aromatic nitrogens is 2. The van der Waals surface area contributed by atoms with Gasteiger partial charge in [0.2, 0.25) is 5.95 Å². The van der Waals surface area contributed by atoms with E-state index in [2.05, 4.69) is 43.6 Å². The van der Waals surface area contributed by atoms with E-state index in [0.29, 0.717) is 12.5 Å². The van der Waals surface area contributed by atoms with E-state index < -0.39 is 0 Å². The van der Waals surface area contributed by atoms with Crippen LogP contribution in [-0.2, 0) is 4.74 Å². The molecule has 1 aliphatic rings. The maximum absolute atomic E-state index is 5.96. The summed E-state index contributed by atoms with van der Waals surface area (Å²) in [5, 5.41) is 0. The Balaban J connectivity index is 2.30. The molecule has 1 aromatic heterocycles. The third-order valence-corrected chi connectivity index (χ3v) is 3.48. The SMILES string of the molecule is Cc1cc(C(C)C)nc(N2CC(CN)OC(C)(C)C2)n1. The predicted molar refractivity (Wildman–Crippen MR) is 81.1 cm³/mol. The zero-order valence-corrected chi connectivity index (χ0v) is 13.2. The maximum atomic E-state index is 5.96. The number of aryl methyl sites for hydroxylation is 1. The van der Waals surface area contributed by atoms with Crippen LogP contribution in [0.25, 0.3) is 0 Å². The summed E-state index contributed by atoms with van der Waals surface area (Å²) in [5.74, 6) is 1.19. The highest BCUT2D eigenvalue weighted by molar-refractivity contribution is 5.35. The number of ether oxygens (including phenoxy) is 1. The Morgan fingerprint density at radius 3 is 2.75 bits per heavy atom. The lowest BCUT2D eigenvalue weighted by Crippen LogP contribution is -2.55. The minimum Gasteiger partial charge on any atom is -0.367 e. The molecule has 1 saturated heterocycles. The van der Waals surface area contributed by atoms with Gasteiger partial charge in [0.25, 0.3) is 0 Å². The highest BCUT2D eigenvalue weighted by atomic mass is 16.5. The molecule has 112 valence electrons. The monoisotopic (exact) mass is 278 g/mol. The van der Waals surface area contributed by atoms with Crippen LogP contribution in [0.1, 0.15) is 45.0 Å². The van der Waals surface area contributed by atoms with E-state index in [-0.39, 0.29) is 11.7 Å². The molecule has 5 heteroatoms. The Morgan fingerprint density at radius 1 is 1.45 bits per heavy atom. The van der Waals surface area contributed by atoms with Gasteiger partial charge >= 0.3 is 0 Å². The highest BCUT2D eigenvalue weighted by Crippen LogP contribution is 2.25. The zero-order chi connectivity index (χ0) is 14.9. The molecule has 0 aliphatic carbocycles. The molecule has 2 rings (SSSR count). The van der Waals surface area contributed by atoms with Crippen LogP contribution in [0.4, 0.5) is 5.95 Å². The summed E-state index contributed by atoms with van der Waals surface area (Å²) in [6, 6.07) is 2.06. The first kappa shape index (κ1) is 15.2. The van der Waals surface area contributed by atoms with Gasteiger partial charge in [-0.1, -0.05) is 13.8 Å². The van der Waals surface area contributed by atoms with E-state index in [0.717, 1.165) is 30.4 Å². The average molecular weight is 278 g/mol. The molecule has 0 aromatic carbocycles. The second kappa shape index (κ2) is 5.66. The van der Waals surface area contributed by atoms with E-state index in [1.165, 1.54) is 0 Å². The molecule has 1 unspecified atom stereocenters. The first-order valence-corrected chi connectivity index (χ1v) is 7.29. The first-order valence-electron chi connectivity index (χ1n) is 7.29. The van der Waals surface area contributed by atoms with Crippen molar-refractivity contribution in [3.63, 3.8) is 0 Å². The van der Waals surface area contributed by atoms with Crippen molar-refractivity contribution in [2.75, 3.05) is 24.5 Å². The molecule has 0 radical (unpaired) electrons. The third kappa shape index (κ3) is 3.46. The van der Waals surface area contributed by atoms with Crippen LogP contribution >= 0.6 is 0 Å². The lowest BCUT2D eigenvalue weighted by molar-refractivity contribution is -0.0792. The molecular weight excluding hydrogens is 252 g/mol. The van der Waals surface area contributed by atoms with Crippen molar-refractivity contribution >= 4 is 5.95 Å². The molecule has 0 saturated carbocycles. The van der Waals surface area contributed by atoms with Crippen LogP contribution in [0, 0.1) is 6.92 Å². The summed E-state index contributed by atoms with van der Waals surface area (Å²) < 4.78 is 5.96. The van der Waals surface area contributed by atoms with Crippen molar-refractivity contribution in [1.29, 1.82) is 0 Å². The van der Waals surface area contributed by atoms with Gasteiger partial charge in [-0.15, -0.1) is 0 Å². The minimum absolute atomic E-state index is 0.0327. The standard InChI is InChI=1S/C15H26N4O/c1-10(2)13-6-11(3)17-14(18-13)19-8-12(7-16)20-15(4,5)9-19/h6,10,12H,7-9,16H2,1-5H3. The molecule has 0 amide bonds. The molecule has 0 bridgehead atoms. The van der Waals surface area contributed by atoms with Crippen LogP contribution in [-0.4, -0.2) is 41.3 Å². The van der Waals surface area contributed by atoms with Gasteiger partial charge in [0.15, 0.2) is 0 Å². The molecule has 1 atom stereocenters. The molecule has 5 nitrogen and oxygen atoms in total. The number of hydrogen-bond donors (Lipinski definition) is 1. The van der Waals surface area contributed by atoms with E-state index in [1.54, 1.807) is 0 Å². The third-order valence-electron chi connectivity index (χ3n) is 3.48. The fourth-order valence-electron chi connectivity index (χ4n) is 2.58. The summed E-state index contributed by atoms with van der Waals surface area (Å²) >= 11 is 0. The highest BCUT2D eigenvalue weighted by Gasteiger charge is 2.34. The normalized spacial score (nSPS) is 22.4. The molecule has 2 N–H and O–H groups in total. The first-order chi connectivity index (χ1) is 9.30. The fraction of sp³-hybridized carbons (Fsp3) is 0.733.